The average Bonchev–Trinajstić information content (AvgIpc) is 2.53. The molecule has 130 valence electrons. The van der Waals surface area contributed by atoms with Crippen LogP contribution in [-0.4, -0.2) is 35.3 Å². The zero-order chi connectivity index (χ0) is 17.0. The number of amides is 1. The molecule has 1 aromatic carbocycles. The van der Waals surface area contributed by atoms with Crippen molar-refractivity contribution in [1.82, 2.24) is 20.4 Å². The van der Waals surface area contributed by atoms with Gasteiger partial charge in [0.25, 0.3) is 5.91 Å². The molecule has 1 heterocycles. The Balaban J connectivity index is 0.00000288. The van der Waals surface area contributed by atoms with Crippen molar-refractivity contribution in [2.75, 3.05) is 13.6 Å². The Bertz CT molecular complexity index is 779. The number of aryl methyl sites for hydroxylation is 1. The third kappa shape index (κ3) is 4.39. The molecule has 0 radical (unpaired) electrons. The number of hydrogen-bond acceptors (Lipinski definition) is 4. The van der Waals surface area contributed by atoms with Crippen LogP contribution in [0.3, 0.4) is 0 Å². The highest BCUT2D eigenvalue weighted by molar-refractivity contribution is 5.92. The molecule has 1 amide bonds. The second-order valence-electron chi connectivity index (χ2n) is 5.26. The van der Waals surface area contributed by atoms with Crippen LogP contribution >= 0.6 is 12.4 Å². The molecule has 0 bridgehead atoms. The van der Waals surface area contributed by atoms with Gasteiger partial charge in [-0.2, -0.15) is 5.10 Å². The molecule has 0 aliphatic carbocycles. The zero-order valence-corrected chi connectivity index (χ0v) is 14.5. The van der Waals surface area contributed by atoms with E-state index < -0.39 is 17.2 Å². The van der Waals surface area contributed by atoms with Crippen LogP contribution in [0.2, 0.25) is 0 Å². The molecule has 0 aliphatic heterocycles. The fourth-order valence-corrected chi connectivity index (χ4v) is 2.00. The van der Waals surface area contributed by atoms with Crippen molar-refractivity contribution in [3.8, 4) is 5.69 Å². The SMILES string of the molecule is CNC(C)CNC(=O)c1nn(-c2ccccc2F)c(C)cc1=O.Cl. The lowest BCUT2D eigenvalue weighted by Crippen LogP contribution is -2.39. The summed E-state index contributed by atoms with van der Waals surface area (Å²) in [4.78, 5) is 24.2. The molecule has 24 heavy (non-hydrogen) atoms. The summed E-state index contributed by atoms with van der Waals surface area (Å²) in [7, 11) is 1.77. The molecule has 0 fully saturated rings. The van der Waals surface area contributed by atoms with Crippen molar-refractivity contribution in [2.45, 2.75) is 19.9 Å². The minimum atomic E-state index is -0.581. The maximum Gasteiger partial charge on any atom is 0.275 e. The lowest BCUT2D eigenvalue weighted by atomic mass is 10.2. The highest BCUT2D eigenvalue weighted by Gasteiger charge is 2.16. The fourth-order valence-electron chi connectivity index (χ4n) is 2.00. The molecular formula is C16H20ClFN4O2. The number of carbonyl (C=O) groups excluding carboxylic acids is 1. The minimum absolute atomic E-state index is 0. The van der Waals surface area contributed by atoms with Gasteiger partial charge in [0.05, 0.1) is 0 Å². The molecule has 1 atom stereocenters. The molecule has 0 saturated heterocycles. The first-order chi connectivity index (χ1) is 10.9. The number of para-hydroxylation sites is 1. The van der Waals surface area contributed by atoms with Crippen LogP contribution < -0.4 is 16.1 Å². The standard InChI is InChI=1S/C16H19FN4O2.ClH/c1-10(18-3)9-19-16(23)15-14(22)8-11(2)21(20-15)13-7-5-4-6-12(13)17;/h4-8,10,18H,9H2,1-3H3,(H,19,23);1H. The number of halogens is 2. The van der Waals surface area contributed by atoms with Gasteiger partial charge in [-0.15, -0.1) is 12.4 Å². The summed E-state index contributed by atoms with van der Waals surface area (Å²) in [5.41, 5.74) is -0.130. The Morgan fingerprint density at radius 1 is 1.38 bits per heavy atom. The fraction of sp³-hybridized carbons (Fsp3) is 0.312. The van der Waals surface area contributed by atoms with Gasteiger partial charge in [-0.1, -0.05) is 12.1 Å². The lowest BCUT2D eigenvalue weighted by Gasteiger charge is -2.13. The van der Waals surface area contributed by atoms with Crippen LogP contribution in [-0.2, 0) is 0 Å². The second-order valence-corrected chi connectivity index (χ2v) is 5.26. The largest absolute Gasteiger partial charge is 0.349 e. The van der Waals surface area contributed by atoms with Crippen LogP contribution in [0.25, 0.3) is 5.69 Å². The number of benzene rings is 1. The zero-order valence-electron chi connectivity index (χ0n) is 13.7. The van der Waals surface area contributed by atoms with E-state index in [1.54, 1.807) is 26.1 Å². The molecule has 6 nitrogen and oxygen atoms in total. The van der Waals surface area contributed by atoms with Crippen molar-refractivity contribution in [1.29, 1.82) is 0 Å². The van der Waals surface area contributed by atoms with E-state index in [2.05, 4.69) is 15.7 Å². The quantitative estimate of drug-likeness (QED) is 0.852. The van der Waals surface area contributed by atoms with Crippen molar-refractivity contribution in [3.63, 3.8) is 0 Å². The number of likely N-dealkylation sites (N-methyl/N-ethyl adjacent to an activating group) is 1. The summed E-state index contributed by atoms with van der Waals surface area (Å²) in [6, 6.07) is 7.37. The molecule has 0 saturated carbocycles. The Hall–Kier alpha value is -2.25. The van der Waals surface area contributed by atoms with E-state index in [1.165, 1.54) is 22.9 Å². The van der Waals surface area contributed by atoms with Gasteiger partial charge in [0.15, 0.2) is 5.69 Å². The van der Waals surface area contributed by atoms with E-state index in [1.807, 2.05) is 6.92 Å². The average molecular weight is 355 g/mol. The highest BCUT2D eigenvalue weighted by Crippen LogP contribution is 2.12. The van der Waals surface area contributed by atoms with Crippen molar-refractivity contribution in [3.05, 3.63) is 57.8 Å². The third-order valence-electron chi connectivity index (χ3n) is 3.46. The first kappa shape index (κ1) is 19.8. The summed E-state index contributed by atoms with van der Waals surface area (Å²) in [5.74, 6) is -1.07. The molecule has 1 unspecified atom stereocenters. The number of nitrogens with zero attached hydrogens (tertiary/aromatic N) is 2. The number of rotatable bonds is 5. The van der Waals surface area contributed by atoms with E-state index >= 15 is 0 Å². The van der Waals surface area contributed by atoms with E-state index in [9.17, 15) is 14.0 Å². The molecule has 0 aliphatic rings. The smallest absolute Gasteiger partial charge is 0.275 e. The van der Waals surface area contributed by atoms with Crippen LogP contribution in [0, 0.1) is 12.7 Å². The molecule has 2 rings (SSSR count). The van der Waals surface area contributed by atoms with Crippen LogP contribution in [0.5, 0.6) is 0 Å². The molecular weight excluding hydrogens is 335 g/mol. The Morgan fingerprint density at radius 3 is 2.67 bits per heavy atom. The molecule has 2 N–H and O–H groups in total. The predicted octanol–water partition coefficient (Wildman–Crippen LogP) is 1.44. The number of nitrogens with one attached hydrogen (secondary N) is 2. The maximum atomic E-state index is 13.9. The van der Waals surface area contributed by atoms with E-state index in [0.29, 0.717) is 12.2 Å². The van der Waals surface area contributed by atoms with Crippen LogP contribution in [0.4, 0.5) is 4.39 Å². The Labute approximate surface area is 145 Å². The van der Waals surface area contributed by atoms with Crippen molar-refractivity contribution >= 4 is 18.3 Å². The van der Waals surface area contributed by atoms with Gasteiger partial charge >= 0.3 is 0 Å². The topological polar surface area (TPSA) is 76.0 Å². The van der Waals surface area contributed by atoms with Gasteiger partial charge in [0.1, 0.15) is 11.5 Å². The van der Waals surface area contributed by atoms with E-state index in [4.69, 9.17) is 0 Å². The van der Waals surface area contributed by atoms with Crippen LogP contribution in [0.1, 0.15) is 23.1 Å². The monoisotopic (exact) mass is 354 g/mol. The first-order valence-electron chi connectivity index (χ1n) is 7.25. The number of carbonyl (C=O) groups is 1. The van der Waals surface area contributed by atoms with Gasteiger partial charge in [-0.25, -0.2) is 9.07 Å². The van der Waals surface area contributed by atoms with Crippen molar-refractivity contribution < 1.29 is 9.18 Å². The summed E-state index contributed by atoms with van der Waals surface area (Å²) in [5, 5.41) is 9.64. The van der Waals surface area contributed by atoms with Gasteiger partial charge in [-0.05, 0) is 33.0 Å². The third-order valence-corrected chi connectivity index (χ3v) is 3.46. The van der Waals surface area contributed by atoms with Gasteiger partial charge in [0, 0.05) is 24.3 Å². The van der Waals surface area contributed by atoms with Crippen molar-refractivity contribution in [2.24, 2.45) is 0 Å². The van der Waals surface area contributed by atoms with E-state index in [-0.39, 0.29) is 29.8 Å². The Kier molecular flexibility index (Phi) is 7.06. The lowest BCUT2D eigenvalue weighted by molar-refractivity contribution is 0.0942. The maximum absolute atomic E-state index is 13.9. The Morgan fingerprint density at radius 2 is 2.04 bits per heavy atom. The van der Waals surface area contributed by atoms with Gasteiger partial charge in [0.2, 0.25) is 5.43 Å². The first-order valence-corrected chi connectivity index (χ1v) is 7.25. The van der Waals surface area contributed by atoms with E-state index in [0.717, 1.165) is 0 Å². The second kappa shape index (κ2) is 8.56. The molecule has 1 aromatic heterocycles. The molecule has 8 heteroatoms. The number of aromatic nitrogens is 2. The minimum Gasteiger partial charge on any atom is -0.349 e. The number of hydrogen-bond donors (Lipinski definition) is 2. The summed E-state index contributed by atoms with van der Waals surface area (Å²) >= 11 is 0. The normalized spacial score (nSPS) is 11.5. The molecule has 2 aromatic rings. The summed E-state index contributed by atoms with van der Waals surface area (Å²) in [6.07, 6.45) is 0. The van der Waals surface area contributed by atoms with Gasteiger partial charge in [-0.3, -0.25) is 9.59 Å². The predicted molar refractivity (Wildman–Crippen MR) is 92.6 cm³/mol. The summed E-state index contributed by atoms with van der Waals surface area (Å²) in [6.45, 7) is 3.87. The van der Waals surface area contributed by atoms with Gasteiger partial charge < -0.3 is 10.6 Å². The molecule has 0 spiro atoms. The highest BCUT2D eigenvalue weighted by atomic mass is 35.5. The summed E-state index contributed by atoms with van der Waals surface area (Å²) < 4.78 is 15.2. The van der Waals surface area contributed by atoms with Crippen LogP contribution in [0.15, 0.2) is 35.1 Å².